The van der Waals surface area contributed by atoms with Crippen molar-refractivity contribution in [1.82, 2.24) is 4.57 Å². The minimum atomic E-state index is 0.145. The van der Waals surface area contributed by atoms with Crippen LogP contribution in [0.25, 0.3) is 6.08 Å². The highest BCUT2D eigenvalue weighted by molar-refractivity contribution is 5.52. The van der Waals surface area contributed by atoms with Crippen LogP contribution in [0.2, 0.25) is 0 Å². The number of aromatic nitrogens is 1. The zero-order valence-electron chi connectivity index (χ0n) is 8.49. The number of hydrogen-bond donors (Lipinski definition) is 1. The smallest absolute Gasteiger partial charge is 0.0647 e. The molecule has 1 aromatic rings. The van der Waals surface area contributed by atoms with Crippen LogP contribution in [-0.4, -0.2) is 16.3 Å². The van der Waals surface area contributed by atoms with E-state index in [0.29, 0.717) is 5.92 Å². The Morgan fingerprint density at radius 3 is 2.69 bits per heavy atom. The van der Waals surface area contributed by atoms with Crippen LogP contribution in [0.1, 0.15) is 19.4 Å². The van der Waals surface area contributed by atoms with E-state index in [9.17, 15) is 0 Å². The fourth-order valence-corrected chi connectivity index (χ4v) is 1.22. The molecule has 2 heteroatoms. The topological polar surface area (TPSA) is 25.2 Å². The third kappa shape index (κ3) is 2.74. The van der Waals surface area contributed by atoms with Gasteiger partial charge in [-0.15, -0.1) is 0 Å². The minimum Gasteiger partial charge on any atom is -0.392 e. The zero-order chi connectivity index (χ0) is 9.84. The third-order valence-electron chi connectivity index (χ3n) is 2.13. The van der Waals surface area contributed by atoms with Crippen LogP contribution < -0.4 is 0 Å². The molecule has 0 aliphatic rings. The van der Waals surface area contributed by atoms with Crippen LogP contribution in [0.15, 0.2) is 24.0 Å². The Morgan fingerprint density at radius 2 is 2.31 bits per heavy atom. The lowest BCUT2D eigenvalue weighted by Crippen LogP contribution is -1.98. The standard InChI is InChI=1S/C11H17NO/c1-9(2)11(8-13)6-10-4-5-12(3)7-10/h4-7,9,13H,8H2,1-3H3/b11-6+. The van der Waals surface area contributed by atoms with E-state index in [-0.39, 0.29) is 6.61 Å². The summed E-state index contributed by atoms with van der Waals surface area (Å²) in [5, 5.41) is 9.09. The maximum absolute atomic E-state index is 9.09. The van der Waals surface area contributed by atoms with Crippen molar-refractivity contribution in [2.45, 2.75) is 13.8 Å². The molecule has 0 unspecified atom stereocenters. The molecular weight excluding hydrogens is 162 g/mol. The predicted molar refractivity (Wildman–Crippen MR) is 55.3 cm³/mol. The molecular formula is C11H17NO. The quantitative estimate of drug-likeness (QED) is 0.755. The monoisotopic (exact) mass is 179 g/mol. The van der Waals surface area contributed by atoms with Gasteiger partial charge in [0.15, 0.2) is 0 Å². The van der Waals surface area contributed by atoms with Crippen molar-refractivity contribution in [2.24, 2.45) is 13.0 Å². The second-order valence-electron chi connectivity index (χ2n) is 3.64. The highest BCUT2D eigenvalue weighted by atomic mass is 16.3. The first-order chi connectivity index (χ1) is 6.13. The number of nitrogens with zero attached hydrogens (tertiary/aromatic N) is 1. The second kappa shape index (κ2) is 4.28. The van der Waals surface area contributed by atoms with Gasteiger partial charge < -0.3 is 9.67 Å². The van der Waals surface area contributed by atoms with Crippen molar-refractivity contribution in [1.29, 1.82) is 0 Å². The van der Waals surface area contributed by atoms with Gasteiger partial charge in [0.2, 0.25) is 0 Å². The Bertz CT molecular complexity index is 297. The average molecular weight is 179 g/mol. The molecule has 1 rings (SSSR count). The van der Waals surface area contributed by atoms with Crippen molar-refractivity contribution >= 4 is 6.08 Å². The van der Waals surface area contributed by atoms with Crippen molar-refractivity contribution in [3.8, 4) is 0 Å². The molecule has 0 bridgehead atoms. The largest absolute Gasteiger partial charge is 0.392 e. The fourth-order valence-electron chi connectivity index (χ4n) is 1.22. The molecule has 13 heavy (non-hydrogen) atoms. The summed E-state index contributed by atoms with van der Waals surface area (Å²) in [5.74, 6) is 0.408. The van der Waals surface area contributed by atoms with Gasteiger partial charge in [0, 0.05) is 19.4 Å². The maximum Gasteiger partial charge on any atom is 0.0647 e. The highest BCUT2D eigenvalue weighted by Crippen LogP contribution is 2.13. The molecule has 0 atom stereocenters. The lowest BCUT2D eigenvalue weighted by molar-refractivity contribution is 0.320. The molecule has 0 aliphatic heterocycles. The Kier molecular flexibility index (Phi) is 3.32. The van der Waals surface area contributed by atoms with Gasteiger partial charge in [-0.25, -0.2) is 0 Å². The van der Waals surface area contributed by atoms with E-state index in [4.69, 9.17) is 5.11 Å². The molecule has 0 amide bonds. The Labute approximate surface area is 79.5 Å². The predicted octanol–water partition coefficient (Wildman–Crippen LogP) is 2.06. The van der Waals surface area contributed by atoms with Crippen molar-refractivity contribution < 1.29 is 5.11 Å². The lowest BCUT2D eigenvalue weighted by atomic mass is 10.0. The molecule has 0 saturated carbocycles. The van der Waals surface area contributed by atoms with Gasteiger partial charge in [-0.05, 0) is 23.1 Å². The van der Waals surface area contributed by atoms with Crippen LogP contribution in [0.4, 0.5) is 0 Å². The van der Waals surface area contributed by atoms with Crippen molar-refractivity contribution in [3.05, 3.63) is 29.6 Å². The molecule has 1 N–H and O–H groups in total. The Balaban J connectivity index is 2.84. The van der Waals surface area contributed by atoms with Gasteiger partial charge in [0.1, 0.15) is 0 Å². The zero-order valence-corrected chi connectivity index (χ0v) is 8.49. The van der Waals surface area contributed by atoms with E-state index >= 15 is 0 Å². The molecule has 1 aromatic heterocycles. The number of rotatable bonds is 3. The molecule has 72 valence electrons. The van der Waals surface area contributed by atoms with Crippen LogP contribution in [0, 0.1) is 5.92 Å². The lowest BCUT2D eigenvalue weighted by Gasteiger charge is -2.06. The highest BCUT2D eigenvalue weighted by Gasteiger charge is 2.01. The molecule has 0 aliphatic carbocycles. The van der Waals surface area contributed by atoms with Gasteiger partial charge in [0.25, 0.3) is 0 Å². The average Bonchev–Trinajstić information content (AvgIpc) is 2.46. The summed E-state index contributed by atoms with van der Waals surface area (Å²) < 4.78 is 2.00. The summed E-state index contributed by atoms with van der Waals surface area (Å²) in [7, 11) is 1.99. The van der Waals surface area contributed by atoms with Crippen molar-refractivity contribution in [3.63, 3.8) is 0 Å². The van der Waals surface area contributed by atoms with E-state index in [0.717, 1.165) is 11.1 Å². The molecule has 0 radical (unpaired) electrons. The maximum atomic E-state index is 9.09. The summed E-state index contributed by atoms with van der Waals surface area (Å²) >= 11 is 0. The van der Waals surface area contributed by atoms with Gasteiger partial charge in [-0.3, -0.25) is 0 Å². The Hall–Kier alpha value is -1.02. The molecule has 1 heterocycles. The molecule has 0 saturated heterocycles. The minimum absolute atomic E-state index is 0.145. The van der Waals surface area contributed by atoms with Gasteiger partial charge in [0.05, 0.1) is 6.61 Å². The van der Waals surface area contributed by atoms with Crippen molar-refractivity contribution in [2.75, 3.05) is 6.61 Å². The van der Waals surface area contributed by atoms with Crippen LogP contribution in [0.5, 0.6) is 0 Å². The van der Waals surface area contributed by atoms with E-state index in [2.05, 4.69) is 13.8 Å². The number of hydrogen-bond acceptors (Lipinski definition) is 1. The molecule has 0 spiro atoms. The molecule has 0 fully saturated rings. The molecule has 0 aromatic carbocycles. The van der Waals surface area contributed by atoms with Gasteiger partial charge >= 0.3 is 0 Å². The van der Waals surface area contributed by atoms with Crippen LogP contribution in [0.3, 0.4) is 0 Å². The third-order valence-corrected chi connectivity index (χ3v) is 2.13. The van der Waals surface area contributed by atoms with Gasteiger partial charge in [-0.2, -0.15) is 0 Å². The number of aliphatic hydroxyl groups excluding tert-OH is 1. The second-order valence-corrected chi connectivity index (χ2v) is 3.64. The Morgan fingerprint density at radius 1 is 1.62 bits per heavy atom. The fraction of sp³-hybridized carbons (Fsp3) is 0.455. The number of aryl methyl sites for hydroxylation is 1. The van der Waals surface area contributed by atoms with E-state index in [1.807, 2.05) is 36.2 Å². The summed E-state index contributed by atoms with van der Waals surface area (Å²) in [6, 6.07) is 2.04. The van der Waals surface area contributed by atoms with E-state index < -0.39 is 0 Å². The number of aliphatic hydroxyl groups is 1. The first-order valence-electron chi connectivity index (χ1n) is 4.56. The van der Waals surface area contributed by atoms with Gasteiger partial charge in [-0.1, -0.05) is 19.9 Å². The normalized spacial score (nSPS) is 12.5. The van der Waals surface area contributed by atoms with E-state index in [1.165, 1.54) is 0 Å². The first-order valence-corrected chi connectivity index (χ1v) is 4.56. The van der Waals surface area contributed by atoms with Crippen LogP contribution in [-0.2, 0) is 7.05 Å². The van der Waals surface area contributed by atoms with E-state index in [1.54, 1.807) is 0 Å². The summed E-state index contributed by atoms with van der Waals surface area (Å²) in [6.45, 7) is 4.32. The summed E-state index contributed by atoms with van der Waals surface area (Å²) in [5.41, 5.74) is 2.23. The van der Waals surface area contributed by atoms with Crippen LogP contribution >= 0.6 is 0 Å². The summed E-state index contributed by atoms with van der Waals surface area (Å²) in [6.07, 6.45) is 6.09. The summed E-state index contributed by atoms with van der Waals surface area (Å²) in [4.78, 5) is 0. The molecule has 2 nitrogen and oxygen atoms in total. The SMILES string of the molecule is CC(C)/C(=C/c1ccn(C)c1)CO. The first kappa shape index (κ1) is 10.1.